The van der Waals surface area contributed by atoms with Crippen LogP contribution in [0, 0.1) is 6.92 Å². The fourth-order valence-electron chi connectivity index (χ4n) is 5.68. The van der Waals surface area contributed by atoms with Crippen molar-refractivity contribution in [2.24, 2.45) is 0 Å². The number of para-hydroxylation sites is 2. The number of sulfonamides is 1. The van der Waals surface area contributed by atoms with E-state index in [1.54, 1.807) is 30.0 Å². The number of carbonyl (C=O) groups excluding carboxylic acids is 1. The van der Waals surface area contributed by atoms with E-state index < -0.39 is 16.3 Å². The predicted octanol–water partition coefficient (Wildman–Crippen LogP) is 5.84. The number of furan rings is 1. The average Bonchev–Trinajstić information content (AvgIpc) is 3.64. The largest absolute Gasteiger partial charge is 0.455 e. The Balaban J connectivity index is 1.34. The number of halogens is 1. The zero-order chi connectivity index (χ0) is 31.7. The van der Waals surface area contributed by atoms with Gasteiger partial charge in [-0.15, -0.1) is 11.3 Å². The van der Waals surface area contributed by atoms with E-state index in [0.29, 0.717) is 64.0 Å². The van der Waals surface area contributed by atoms with Gasteiger partial charge in [0.25, 0.3) is 15.9 Å². The molecule has 3 aromatic carbocycles. The molecule has 234 valence electrons. The standard InChI is InChI=1S/C33H32ClN3O6S2/c1-22-25-21-24(11-12-28(25)43-31(22)33(39)40)45(41,42)37(16-15-23-7-3-2-4-8-23)27-10-6-5-9-26(27)35-17-19-36(20-18-35)32(38)29-13-14-30(34)44-29/h2-14,21,33,39-40H,15-20H2,1H3. The summed E-state index contributed by atoms with van der Waals surface area (Å²) in [6.07, 6.45) is -1.33. The molecule has 1 amide bonds. The number of carbonyl (C=O) groups is 1. The van der Waals surface area contributed by atoms with Crippen molar-refractivity contribution in [2.45, 2.75) is 24.5 Å². The number of aliphatic hydroxyl groups excluding tert-OH is 1. The minimum absolute atomic E-state index is 0.0226. The normalized spacial score (nSPS) is 14.0. The highest BCUT2D eigenvalue weighted by Gasteiger charge is 2.31. The molecule has 0 bridgehead atoms. The maximum Gasteiger partial charge on any atom is 0.264 e. The molecule has 9 nitrogen and oxygen atoms in total. The molecule has 6 rings (SSSR count). The van der Waals surface area contributed by atoms with Gasteiger partial charge in [-0.2, -0.15) is 0 Å². The Morgan fingerprint density at radius 3 is 2.38 bits per heavy atom. The number of anilines is 2. The SMILES string of the molecule is Cc1c(C(O)O)oc2ccc(S(=O)(=O)N(CCc3ccccc3)c3ccccc3N3CCN(C(=O)c4ccc(Cl)s4)CC3)cc12. The van der Waals surface area contributed by atoms with E-state index in [1.807, 2.05) is 54.6 Å². The quantitative estimate of drug-likeness (QED) is 0.190. The van der Waals surface area contributed by atoms with E-state index in [4.69, 9.17) is 16.0 Å². The van der Waals surface area contributed by atoms with Crippen LogP contribution in [0.5, 0.6) is 0 Å². The summed E-state index contributed by atoms with van der Waals surface area (Å²) >= 11 is 7.31. The molecule has 1 saturated heterocycles. The monoisotopic (exact) mass is 665 g/mol. The first-order chi connectivity index (χ1) is 21.6. The number of piperazine rings is 1. The van der Waals surface area contributed by atoms with Gasteiger partial charge in [-0.3, -0.25) is 9.10 Å². The van der Waals surface area contributed by atoms with E-state index >= 15 is 0 Å². The lowest BCUT2D eigenvalue weighted by Gasteiger charge is -2.38. The van der Waals surface area contributed by atoms with E-state index in [-0.39, 0.29) is 23.1 Å². The van der Waals surface area contributed by atoms with Crippen LogP contribution < -0.4 is 9.21 Å². The lowest BCUT2D eigenvalue weighted by Crippen LogP contribution is -2.49. The number of aliphatic hydroxyl groups is 2. The van der Waals surface area contributed by atoms with Crippen LogP contribution in [-0.4, -0.2) is 62.2 Å². The van der Waals surface area contributed by atoms with Gasteiger partial charge in [0.1, 0.15) is 5.58 Å². The van der Waals surface area contributed by atoms with Crippen LogP contribution in [0.3, 0.4) is 0 Å². The smallest absolute Gasteiger partial charge is 0.264 e. The summed E-state index contributed by atoms with van der Waals surface area (Å²) in [7, 11) is -4.10. The molecule has 45 heavy (non-hydrogen) atoms. The van der Waals surface area contributed by atoms with Crippen LogP contribution >= 0.6 is 22.9 Å². The molecule has 1 fully saturated rings. The van der Waals surface area contributed by atoms with E-state index in [9.17, 15) is 23.4 Å². The van der Waals surface area contributed by atoms with E-state index in [0.717, 1.165) is 11.3 Å². The van der Waals surface area contributed by atoms with Crippen molar-refractivity contribution in [3.8, 4) is 0 Å². The molecule has 5 aromatic rings. The van der Waals surface area contributed by atoms with Crippen molar-refractivity contribution >= 4 is 61.2 Å². The fourth-order valence-corrected chi connectivity index (χ4v) is 8.19. The highest BCUT2D eigenvalue weighted by Crippen LogP contribution is 2.36. The average molecular weight is 666 g/mol. The number of hydrogen-bond donors (Lipinski definition) is 2. The summed E-state index contributed by atoms with van der Waals surface area (Å²) in [4.78, 5) is 17.6. The summed E-state index contributed by atoms with van der Waals surface area (Å²) in [5.41, 5.74) is 3.12. The number of hydrogen-bond acceptors (Lipinski definition) is 8. The first kappa shape index (κ1) is 31.1. The van der Waals surface area contributed by atoms with E-state index in [1.165, 1.54) is 27.8 Å². The molecule has 12 heteroatoms. The highest BCUT2D eigenvalue weighted by atomic mass is 35.5. The molecule has 1 aliphatic rings. The number of fused-ring (bicyclic) bond motifs is 1. The molecular formula is C33H32ClN3O6S2. The lowest BCUT2D eigenvalue weighted by atomic mass is 10.1. The molecule has 0 saturated carbocycles. The zero-order valence-corrected chi connectivity index (χ0v) is 26.9. The van der Waals surface area contributed by atoms with Gasteiger partial charge in [0.15, 0.2) is 5.76 Å². The molecule has 0 spiro atoms. The first-order valence-electron chi connectivity index (χ1n) is 14.5. The summed E-state index contributed by atoms with van der Waals surface area (Å²) in [5, 5.41) is 19.9. The van der Waals surface area contributed by atoms with Crippen LogP contribution in [0.1, 0.15) is 32.8 Å². The number of aryl methyl sites for hydroxylation is 1. The molecule has 0 radical (unpaired) electrons. The molecule has 0 atom stereocenters. The molecular weight excluding hydrogens is 634 g/mol. The first-order valence-corrected chi connectivity index (χ1v) is 17.1. The Morgan fingerprint density at radius 2 is 1.69 bits per heavy atom. The zero-order valence-electron chi connectivity index (χ0n) is 24.5. The van der Waals surface area contributed by atoms with Gasteiger partial charge in [0.05, 0.1) is 25.5 Å². The van der Waals surface area contributed by atoms with Gasteiger partial charge < -0.3 is 24.4 Å². The van der Waals surface area contributed by atoms with Crippen LogP contribution in [0.2, 0.25) is 4.34 Å². The second kappa shape index (κ2) is 12.9. The third-order valence-corrected chi connectivity index (χ3v) is 11.1. The van der Waals surface area contributed by atoms with Crippen molar-refractivity contribution < 1.29 is 27.8 Å². The Morgan fingerprint density at radius 1 is 0.978 bits per heavy atom. The number of nitrogens with zero attached hydrogens (tertiary/aromatic N) is 3. The van der Waals surface area contributed by atoms with Crippen LogP contribution in [0.15, 0.2) is 94.2 Å². The molecule has 3 heterocycles. The third-order valence-electron chi connectivity index (χ3n) is 8.06. The van der Waals surface area contributed by atoms with Gasteiger partial charge in [0, 0.05) is 43.7 Å². The topological polar surface area (TPSA) is 115 Å². The number of rotatable bonds is 9. The van der Waals surface area contributed by atoms with Gasteiger partial charge in [-0.05, 0) is 61.4 Å². The summed E-state index contributed by atoms with van der Waals surface area (Å²) in [6, 6.07) is 25.1. The highest BCUT2D eigenvalue weighted by molar-refractivity contribution is 7.92. The van der Waals surface area contributed by atoms with Crippen molar-refractivity contribution in [1.82, 2.24) is 4.90 Å². The van der Waals surface area contributed by atoms with Gasteiger partial charge in [0.2, 0.25) is 6.29 Å². The van der Waals surface area contributed by atoms with Crippen LogP contribution in [0.4, 0.5) is 11.4 Å². The second-order valence-corrected chi connectivity index (χ2v) is 14.4. The molecule has 2 aromatic heterocycles. The Labute approximate surface area is 270 Å². The minimum atomic E-state index is -4.10. The summed E-state index contributed by atoms with van der Waals surface area (Å²) in [5.74, 6) is -0.0839. The van der Waals surface area contributed by atoms with Gasteiger partial charge in [-0.1, -0.05) is 54.1 Å². The molecule has 2 N–H and O–H groups in total. The number of amides is 1. The summed E-state index contributed by atoms with van der Waals surface area (Å²) < 4.78 is 36.6. The Kier molecular flexibility index (Phi) is 8.89. The van der Waals surface area contributed by atoms with Crippen molar-refractivity contribution in [2.75, 3.05) is 41.9 Å². The second-order valence-electron chi connectivity index (χ2n) is 10.8. The van der Waals surface area contributed by atoms with Crippen molar-refractivity contribution in [3.05, 3.63) is 111 Å². The number of thiophene rings is 1. The van der Waals surface area contributed by atoms with Gasteiger partial charge in [-0.25, -0.2) is 8.42 Å². The van der Waals surface area contributed by atoms with Crippen molar-refractivity contribution in [1.29, 1.82) is 0 Å². The molecule has 0 aliphatic carbocycles. The Bertz CT molecular complexity index is 1930. The fraction of sp³-hybridized carbons (Fsp3) is 0.242. The summed E-state index contributed by atoms with van der Waals surface area (Å²) in [6.45, 7) is 3.87. The molecule has 1 aliphatic heterocycles. The minimum Gasteiger partial charge on any atom is -0.455 e. The van der Waals surface area contributed by atoms with Crippen LogP contribution in [0.25, 0.3) is 11.0 Å². The lowest BCUT2D eigenvalue weighted by molar-refractivity contribution is -0.0576. The molecule has 0 unspecified atom stereocenters. The maximum absolute atomic E-state index is 14.5. The van der Waals surface area contributed by atoms with Crippen molar-refractivity contribution in [3.63, 3.8) is 0 Å². The number of benzene rings is 3. The van der Waals surface area contributed by atoms with E-state index in [2.05, 4.69) is 4.90 Å². The predicted molar refractivity (Wildman–Crippen MR) is 177 cm³/mol. The van der Waals surface area contributed by atoms with Gasteiger partial charge >= 0.3 is 0 Å². The third kappa shape index (κ3) is 6.31. The maximum atomic E-state index is 14.5. The Hall–Kier alpha value is -3.87. The van der Waals surface area contributed by atoms with Crippen LogP contribution in [-0.2, 0) is 16.4 Å².